The Morgan fingerprint density at radius 3 is 2.10 bits per heavy atom. The molecule has 3 amide bonds. The highest BCUT2D eigenvalue weighted by molar-refractivity contribution is 6.39. The molecular weight excluding hydrogens is 1300 g/mol. The van der Waals surface area contributed by atoms with E-state index in [4.69, 9.17) is 33.2 Å². The molecule has 5 aliphatic heterocycles. The van der Waals surface area contributed by atoms with Crippen LogP contribution in [0.15, 0.2) is 72.4 Å². The van der Waals surface area contributed by atoms with Crippen molar-refractivity contribution in [2.75, 3.05) is 110 Å². The van der Waals surface area contributed by atoms with Crippen LogP contribution in [0, 0.1) is 42.4 Å². The summed E-state index contributed by atoms with van der Waals surface area (Å²) in [6.45, 7) is 22.1. The van der Waals surface area contributed by atoms with Gasteiger partial charge < -0.3 is 68.3 Å². The molecule has 0 spiro atoms. The summed E-state index contributed by atoms with van der Waals surface area (Å²) in [6.07, 6.45) is 16.6. The smallest absolute Gasteiger partial charge is 0.407 e. The normalized spacial score (nSPS) is 32.1. The Balaban J connectivity index is 0.850. The van der Waals surface area contributed by atoms with E-state index in [1.165, 1.54) is 12.0 Å². The lowest BCUT2D eigenvalue weighted by atomic mass is 9.78. The van der Waals surface area contributed by atoms with Crippen molar-refractivity contribution in [3.63, 3.8) is 0 Å². The number of rotatable bonds is 17. The number of nitrogens with one attached hydrogen (secondary N) is 1. The standard InChI is InChI=1S/C75H112N10O16/c1-48-17-13-12-14-18-50(3)62(95-9)41-58-22-20-55(8)75(94,101-58)69(90)70(91)85-25-16-15-19-59(85)71(92)99-63(42-60(86)51(4)38-54(7)67(89)68(97-11)66(88)53(6)37-48)52(5)39-56-21-23-61(64(40-56)96-10)100-74(93)80-47-57-45-78-73(79-46-57)84-32-30-82(31-33-84)65(87)24-35-98-36-34-81-26-28-83(29-27-81)72-76-43-49(2)44-77-72/h12-14,17-18,38,43-46,48,51-53,55-56,58-59,61-64,67-68,89,94H,15-16,19-37,39-42,47H2,1-11H3,(H,80,93)/b14-12+,17-13+,50-18+,54-38+/t48-,51-,52-,53-,55-,56+,58+,59+,61-,62+,63+,64-,67-,68+,75-/m1/s1. The maximum atomic E-state index is 14.8. The minimum atomic E-state index is -2.48. The van der Waals surface area contributed by atoms with Crippen molar-refractivity contribution in [3.05, 3.63) is 83.5 Å². The first-order valence-corrected chi connectivity index (χ1v) is 36.5. The van der Waals surface area contributed by atoms with Crippen molar-refractivity contribution in [1.82, 2.24) is 40.0 Å². The third-order valence-electron chi connectivity index (χ3n) is 21.2. The van der Waals surface area contributed by atoms with Gasteiger partial charge in [0.2, 0.25) is 23.6 Å². The third-order valence-corrected chi connectivity index (χ3v) is 21.2. The van der Waals surface area contributed by atoms with Gasteiger partial charge in [-0.15, -0.1) is 0 Å². The lowest BCUT2D eigenvalue weighted by Gasteiger charge is -2.42. The van der Waals surface area contributed by atoms with Crippen LogP contribution in [0.3, 0.4) is 0 Å². The summed E-state index contributed by atoms with van der Waals surface area (Å²) in [6, 6.07) is -1.21. The van der Waals surface area contributed by atoms with Crippen LogP contribution < -0.4 is 15.1 Å². The Kier molecular flexibility index (Phi) is 30.5. The number of ether oxygens (including phenoxy) is 7. The number of aliphatic hydroxyl groups is 2. The number of amides is 3. The zero-order valence-electron chi connectivity index (χ0n) is 61.4. The molecule has 15 atom stereocenters. The average molecular weight is 1410 g/mol. The molecule has 1 saturated carbocycles. The van der Waals surface area contributed by atoms with E-state index in [0.717, 1.165) is 49.8 Å². The molecule has 101 heavy (non-hydrogen) atoms. The van der Waals surface area contributed by atoms with E-state index in [2.05, 4.69) is 35.1 Å². The van der Waals surface area contributed by atoms with E-state index in [1.807, 2.05) is 80.3 Å². The molecule has 0 unspecified atom stereocenters. The van der Waals surface area contributed by atoms with E-state index in [-0.39, 0.29) is 61.7 Å². The first-order chi connectivity index (χ1) is 48.4. The number of Topliss-reactive ketones (excluding diaryl/α,β-unsaturated/α-hetero) is 3. The van der Waals surface area contributed by atoms with Crippen LogP contribution in [0.4, 0.5) is 16.7 Å². The molecule has 6 aliphatic rings. The molecule has 558 valence electrons. The lowest BCUT2D eigenvalue weighted by Crippen LogP contribution is -2.61. The first-order valence-electron chi connectivity index (χ1n) is 36.5. The number of piperidine rings is 1. The number of allylic oxidation sites excluding steroid dienone is 6. The maximum absolute atomic E-state index is 14.8. The van der Waals surface area contributed by atoms with Crippen LogP contribution in [0.2, 0.25) is 0 Å². The molecule has 0 radical (unpaired) electrons. The highest BCUT2D eigenvalue weighted by Gasteiger charge is 2.53. The number of methoxy groups -OCH3 is 3. The van der Waals surface area contributed by atoms with Crippen LogP contribution >= 0.6 is 0 Å². The topological polar surface area (TPSA) is 304 Å². The fourth-order valence-corrected chi connectivity index (χ4v) is 14.7. The van der Waals surface area contributed by atoms with Gasteiger partial charge in [-0.1, -0.05) is 71.1 Å². The predicted octanol–water partition coefficient (Wildman–Crippen LogP) is 6.88. The number of carbonyl (C=O) groups excluding carboxylic acids is 7. The number of alkyl carbamates (subject to hydrolysis) is 1. The Labute approximate surface area is 596 Å². The van der Waals surface area contributed by atoms with E-state index < -0.39 is 102 Å². The lowest BCUT2D eigenvalue weighted by molar-refractivity contribution is -0.265. The number of nitrogens with zero attached hydrogens (tertiary/aromatic N) is 9. The average Bonchev–Trinajstić information content (AvgIpc) is 0.773. The zero-order valence-corrected chi connectivity index (χ0v) is 61.4. The number of aromatic nitrogens is 4. The van der Waals surface area contributed by atoms with Crippen molar-refractivity contribution >= 4 is 53.1 Å². The van der Waals surface area contributed by atoms with E-state index >= 15 is 0 Å². The van der Waals surface area contributed by atoms with Gasteiger partial charge in [0.25, 0.3) is 11.7 Å². The van der Waals surface area contributed by atoms with Crippen molar-refractivity contribution in [1.29, 1.82) is 0 Å². The van der Waals surface area contributed by atoms with Crippen molar-refractivity contribution < 1.29 is 76.9 Å². The Hall–Kier alpha value is -6.91. The van der Waals surface area contributed by atoms with Crippen molar-refractivity contribution in [2.24, 2.45) is 35.5 Å². The van der Waals surface area contributed by atoms with Crippen LogP contribution in [0.25, 0.3) is 0 Å². The predicted molar refractivity (Wildman–Crippen MR) is 378 cm³/mol. The molecule has 2 aromatic rings. The van der Waals surface area contributed by atoms with Gasteiger partial charge >= 0.3 is 12.1 Å². The summed E-state index contributed by atoms with van der Waals surface area (Å²) in [5.74, 6) is -7.30. The number of cyclic esters (lactones) is 1. The number of fused-ring (bicyclic) bond motifs is 3. The van der Waals surface area contributed by atoms with E-state index in [0.29, 0.717) is 121 Å². The van der Waals surface area contributed by atoms with Gasteiger partial charge in [0, 0.05) is 154 Å². The Bertz CT molecular complexity index is 3190. The van der Waals surface area contributed by atoms with Crippen LogP contribution in [0.5, 0.6) is 0 Å². The molecule has 26 nitrogen and oxygen atoms in total. The van der Waals surface area contributed by atoms with Gasteiger partial charge in [0.05, 0.1) is 37.9 Å². The maximum Gasteiger partial charge on any atom is 0.407 e. The third kappa shape index (κ3) is 22.3. The van der Waals surface area contributed by atoms with Gasteiger partial charge in [-0.05, 0) is 119 Å². The molecule has 2 aromatic heterocycles. The molecule has 4 saturated heterocycles. The number of hydrogen-bond donors (Lipinski definition) is 3. The molecule has 5 fully saturated rings. The van der Waals surface area contributed by atoms with Gasteiger partial charge in [0.1, 0.15) is 36.2 Å². The molecule has 0 aromatic carbocycles. The quantitative estimate of drug-likeness (QED) is 0.0629. The molecule has 2 bridgehead atoms. The molecule has 7 heterocycles. The van der Waals surface area contributed by atoms with Crippen molar-refractivity contribution in [2.45, 2.75) is 200 Å². The summed E-state index contributed by atoms with van der Waals surface area (Å²) < 4.78 is 42.0. The first kappa shape index (κ1) is 79.8. The fraction of sp³-hybridized carbons (Fsp3) is 0.693. The fourth-order valence-electron chi connectivity index (χ4n) is 14.7. The second kappa shape index (κ2) is 38.6. The molecule has 1 aliphatic carbocycles. The summed E-state index contributed by atoms with van der Waals surface area (Å²) >= 11 is 0. The Morgan fingerprint density at radius 2 is 1.43 bits per heavy atom. The van der Waals surface area contributed by atoms with Crippen LogP contribution in [-0.4, -0.2) is 241 Å². The summed E-state index contributed by atoms with van der Waals surface area (Å²) in [5, 5.41) is 26.6. The van der Waals surface area contributed by atoms with E-state index in [9.17, 15) is 43.8 Å². The van der Waals surface area contributed by atoms with Gasteiger partial charge in [-0.2, -0.15) is 0 Å². The number of aryl methyl sites for hydroxylation is 1. The highest BCUT2D eigenvalue weighted by Crippen LogP contribution is 2.38. The molecule has 26 heteroatoms. The number of piperazine rings is 2. The summed E-state index contributed by atoms with van der Waals surface area (Å²) in [4.78, 5) is 126. The number of hydrogen-bond acceptors (Lipinski definition) is 23. The zero-order chi connectivity index (χ0) is 72.9. The molecule has 8 rings (SSSR count). The number of anilines is 2. The SMILES string of the molecule is CO[C@H]1C[C@@H]2CC[C@@H](C)[C@@](O)(O2)C(=O)C(=O)N2CCCC[C@H]2C(=O)O[C@H]([C@H](C)C[C@@H]2CC[C@@H](OC(=O)NCc3cnc(N4CCN(C(=O)CCOCCN5CCN(c6ncc(C)cn6)CC5)CC4)nc3)[C@H](OC)C2)CC(=O)[C@H](C)/C=C(\C)[C@@H](O)[C@@H](OC)C(=O)[C@H](C)C[C@H](C)/C=C/C=C/C=C/1C. The Morgan fingerprint density at radius 1 is 0.743 bits per heavy atom. The van der Waals surface area contributed by atoms with Gasteiger partial charge in [0.15, 0.2) is 5.78 Å². The number of ketones is 3. The minimum Gasteiger partial charge on any atom is -0.460 e. The van der Waals surface area contributed by atoms with Gasteiger partial charge in [-0.25, -0.2) is 29.5 Å². The summed E-state index contributed by atoms with van der Waals surface area (Å²) in [7, 11) is 4.50. The second-order valence-electron chi connectivity index (χ2n) is 28.8. The number of aliphatic hydroxyl groups excluding tert-OH is 1. The molecular formula is C75H112N10O16. The largest absolute Gasteiger partial charge is 0.460 e. The molecule has 3 N–H and O–H groups in total. The number of carbonyl (C=O) groups is 7. The summed E-state index contributed by atoms with van der Waals surface area (Å²) in [5.41, 5.74) is 2.91. The number of esters is 1. The monoisotopic (exact) mass is 1410 g/mol. The van der Waals surface area contributed by atoms with Gasteiger partial charge in [-0.3, -0.25) is 28.9 Å². The minimum absolute atomic E-state index is 0.0147. The second-order valence-corrected chi connectivity index (χ2v) is 28.8. The van der Waals surface area contributed by atoms with Crippen LogP contribution in [-0.2, 0) is 68.5 Å². The van der Waals surface area contributed by atoms with Crippen molar-refractivity contribution in [3.8, 4) is 0 Å². The van der Waals surface area contributed by atoms with Crippen LogP contribution in [0.1, 0.15) is 143 Å². The van der Waals surface area contributed by atoms with E-state index in [1.54, 1.807) is 60.4 Å². The highest BCUT2D eigenvalue weighted by atomic mass is 16.6.